The Labute approximate surface area is 179 Å². The number of aromatic nitrogens is 4. The molecule has 0 saturated carbocycles. The number of rotatable bonds is 7. The normalized spacial score (nSPS) is 11.0. The fourth-order valence-electron chi connectivity index (χ4n) is 3.11. The number of aryl methyl sites for hydroxylation is 2. The van der Waals surface area contributed by atoms with Crippen LogP contribution < -0.4 is 0 Å². The third-order valence-electron chi connectivity index (χ3n) is 4.47. The van der Waals surface area contributed by atoms with Crippen molar-refractivity contribution in [2.75, 3.05) is 0 Å². The van der Waals surface area contributed by atoms with Gasteiger partial charge in [-0.3, -0.25) is 4.57 Å². The van der Waals surface area contributed by atoms with Gasteiger partial charge in [-0.2, -0.15) is 0 Å². The lowest BCUT2D eigenvalue weighted by atomic mass is 10.1. The highest BCUT2D eigenvalue weighted by Gasteiger charge is 2.14. The minimum absolute atomic E-state index is 0.671. The number of hydrogen-bond donors (Lipinski definition) is 0. The summed E-state index contributed by atoms with van der Waals surface area (Å²) in [6.45, 7) is 8.75. The molecule has 0 aliphatic heterocycles. The maximum Gasteiger partial charge on any atom is 0.192 e. The van der Waals surface area contributed by atoms with E-state index in [1.807, 2.05) is 12.1 Å². The van der Waals surface area contributed by atoms with E-state index in [4.69, 9.17) is 4.98 Å². The molecule has 0 atom stereocenters. The van der Waals surface area contributed by atoms with Gasteiger partial charge in [0.25, 0.3) is 0 Å². The molecule has 2 aromatic heterocycles. The first-order valence-corrected chi connectivity index (χ1v) is 11.3. The lowest BCUT2D eigenvalue weighted by molar-refractivity contribution is 0.731. The predicted octanol–water partition coefficient (Wildman–Crippen LogP) is 6.16. The van der Waals surface area contributed by atoms with Crippen LogP contribution in [0, 0.1) is 13.8 Å². The van der Waals surface area contributed by atoms with E-state index in [-0.39, 0.29) is 0 Å². The molecule has 0 unspecified atom stereocenters. The quantitative estimate of drug-likeness (QED) is 0.266. The van der Waals surface area contributed by atoms with E-state index in [0.717, 1.165) is 33.0 Å². The van der Waals surface area contributed by atoms with Gasteiger partial charge in [0.2, 0.25) is 0 Å². The van der Waals surface area contributed by atoms with Gasteiger partial charge in [0.15, 0.2) is 11.0 Å². The van der Waals surface area contributed by atoms with E-state index >= 15 is 0 Å². The second-order valence-corrected chi connectivity index (χ2v) is 8.68. The van der Waals surface area contributed by atoms with E-state index in [1.54, 1.807) is 23.1 Å². The van der Waals surface area contributed by atoms with E-state index < -0.39 is 0 Å². The highest BCUT2D eigenvalue weighted by Crippen LogP contribution is 2.30. The van der Waals surface area contributed by atoms with Crippen LogP contribution in [0.1, 0.15) is 16.8 Å². The third-order valence-corrected chi connectivity index (χ3v) is 6.41. The van der Waals surface area contributed by atoms with Crippen LogP contribution in [-0.2, 0) is 12.3 Å². The Hall–Kier alpha value is -2.70. The van der Waals surface area contributed by atoms with Gasteiger partial charge in [0.05, 0.1) is 5.69 Å². The highest BCUT2D eigenvalue weighted by atomic mass is 32.2. The molecule has 4 aromatic rings. The van der Waals surface area contributed by atoms with Crippen LogP contribution in [0.2, 0.25) is 0 Å². The molecule has 0 bridgehead atoms. The molecule has 2 aromatic carbocycles. The minimum atomic E-state index is 0.671. The fourth-order valence-corrected chi connectivity index (χ4v) is 4.87. The van der Waals surface area contributed by atoms with Crippen LogP contribution in [0.5, 0.6) is 0 Å². The summed E-state index contributed by atoms with van der Waals surface area (Å²) in [6.07, 6.45) is 1.88. The Bertz CT molecular complexity index is 1140. The zero-order valence-electron chi connectivity index (χ0n) is 16.5. The fraction of sp³-hybridized carbons (Fsp3) is 0.174. The van der Waals surface area contributed by atoms with Gasteiger partial charge in [-0.05, 0) is 26.0 Å². The van der Waals surface area contributed by atoms with Crippen LogP contribution in [0.3, 0.4) is 0 Å². The number of thiazole rings is 1. The lowest BCUT2D eigenvalue weighted by Gasteiger charge is -2.07. The molecule has 146 valence electrons. The lowest BCUT2D eigenvalue weighted by Crippen LogP contribution is -2.01. The molecule has 0 aliphatic rings. The van der Waals surface area contributed by atoms with E-state index in [2.05, 4.69) is 83.0 Å². The molecular weight excluding hydrogens is 396 g/mol. The molecule has 0 radical (unpaired) electrons. The van der Waals surface area contributed by atoms with Gasteiger partial charge in [-0.1, -0.05) is 65.4 Å². The third kappa shape index (κ3) is 4.49. The molecule has 4 rings (SSSR count). The summed E-state index contributed by atoms with van der Waals surface area (Å²) in [7, 11) is 0. The molecule has 6 heteroatoms. The van der Waals surface area contributed by atoms with Crippen LogP contribution in [0.4, 0.5) is 0 Å². The summed E-state index contributed by atoms with van der Waals surface area (Å²) in [4.78, 5) is 4.81. The number of allylic oxidation sites excluding steroid dienone is 1. The van der Waals surface area contributed by atoms with Crippen molar-refractivity contribution < 1.29 is 0 Å². The molecule has 29 heavy (non-hydrogen) atoms. The van der Waals surface area contributed by atoms with Crippen molar-refractivity contribution in [3.05, 3.63) is 83.4 Å². The zero-order chi connectivity index (χ0) is 20.2. The van der Waals surface area contributed by atoms with E-state index in [1.165, 1.54) is 16.7 Å². The minimum Gasteiger partial charge on any atom is -0.298 e. The van der Waals surface area contributed by atoms with Crippen LogP contribution in [0.25, 0.3) is 22.0 Å². The largest absolute Gasteiger partial charge is 0.298 e. The summed E-state index contributed by atoms with van der Waals surface area (Å²) in [5, 5.41) is 12.9. The van der Waals surface area contributed by atoms with Gasteiger partial charge in [-0.25, -0.2) is 4.98 Å². The predicted molar refractivity (Wildman–Crippen MR) is 122 cm³/mol. The summed E-state index contributed by atoms with van der Waals surface area (Å²) in [5.74, 6) is 1.63. The SMILES string of the molecule is C=CCn1c(SCc2csc(-c3cccc(C)c3)n2)nnc1-c1cccc(C)c1. The first-order chi connectivity index (χ1) is 14.1. The molecule has 0 N–H and O–H groups in total. The standard InChI is InChI=1S/C23H22N4S2/c1-4-11-27-21(18-9-5-7-16(2)12-18)25-26-23(27)29-15-20-14-28-22(24-20)19-10-6-8-17(3)13-19/h4-10,12-14H,1,11,15H2,2-3H3. The Kier molecular flexibility index (Phi) is 5.92. The summed E-state index contributed by atoms with van der Waals surface area (Å²) < 4.78 is 2.11. The number of benzene rings is 2. The molecule has 0 spiro atoms. The van der Waals surface area contributed by atoms with Gasteiger partial charge in [0.1, 0.15) is 5.01 Å². The summed E-state index contributed by atoms with van der Waals surface area (Å²) >= 11 is 3.34. The van der Waals surface area contributed by atoms with Crippen molar-refractivity contribution in [3.8, 4) is 22.0 Å². The zero-order valence-corrected chi connectivity index (χ0v) is 18.1. The Morgan fingerprint density at radius 2 is 1.76 bits per heavy atom. The molecular formula is C23H22N4S2. The van der Waals surface area contributed by atoms with Crippen molar-refractivity contribution in [2.24, 2.45) is 0 Å². The van der Waals surface area contributed by atoms with Gasteiger partial charge in [0, 0.05) is 28.8 Å². The summed E-state index contributed by atoms with van der Waals surface area (Å²) in [5.41, 5.74) is 5.75. The molecule has 0 saturated heterocycles. The van der Waals surface area contributed by atoms with Crippen molar-refractivity contribution in [1.82, 2.24) is 19.7 Å². The smallest absolute Gasteiger partial charge is 0.192 e. The monoisotopic (exact) mass is 418 g/mol. The second-order valence-electron chi connectivity index (χ2n) is 6.88. The first-order valence-electron chi connectivity index (χ1n) is 9.39. The average Bonchev–Trinajstić information content (AvgIpc) is 3.34. The van der Waals surface area contributed by atoms with Crippen LogP contribution in [0.15, 0.2) is 71.7 Å². The van der Waals surface area contributed by atoms with Crippen molar-refractivity contribution in [1.29, 1.82) is 0 Å². The molecule has 0 aliphatic carbocycles. The van der Waals surface area contributed by atoms with Crippen LogP contribution >= 0.6 is 23.1 Å². The van der Waals surface area contributed by atoms with Gasteiger partial charge < -0.3 is 0 Å². The first kappa shape index (κ1) is 19.6. The average molecular weight is 419 g/mol. The Morgan fingerprint density at radius 1 is 1.03 bits per heavy atom. The highest BCUT2D eigenvalue weighted by molar-refractivity contribution is 7.98. The maximum absolute atomic E-state index is 4.81. The van der Waals surface area contributed by atoms with Crippen molar-refractivity contribution in [3.63, 3.8) is 0 Å². The number of hydrogen-bond acceptors (Lipinski definition) is 5. The Balaban J connectivity index is 1.54. The molecule has 0 amide bonds. The van der Waals surface area contributed by atoms with Crippen molar-refractivity contribution in [2.45, 2.75) is 31.3 Å². The second kappa shape index (κ2) is 8.76. The van der Waals surface area contributed by atoms with Gasteiger partial charge in [-0.15, -0.1) is 28.1 Å². The summed E-state index contributed by atoms with van der Waals surface area (Å²) in [6, 6.07) is 16.8. The van der Waals surface area contributed by atoms with E-state index in [9.17, 15) is 0 Å². The molecule has 2 heterocycles. The van der Waals surface area contributed by atoms with Crippen molar-refractivity contribution >= 4 is 23.1 Å². The number of nitrogens with zero attached hydrogens (tertiary/aromatic N) is 4. The van der Waals surface area contributed by atoms with E-state index in [0.29, 0.717) is 6.54 Å². The maximum atomic E-state index is 4.81. The molecule has 4 nitrogen and oxygen atoms in total. The van der Waals surface area contributed by atoms with Gasteiger partial charge >= 0.3 is 0 Å². The Morgan fingerprint density at radius 3 is 2.48 bits per heavy atom. The number of thioether (sulfide) groups is 1. The molecule has 0 fully saturated rings. The topological polar surface area (TPSA) is 43.6 Å². The van der Waals surface area contributed by atoms with Crippen LogP contribution in [-0.4, -0.2) is 19.7 Å².